The summed E-state index contributed by atoms with van der Waals surface area (Å²) in [6, 6.07) is 0.154. The summed E-state index contributed by atoms with van der Waals surface area (Å²) in [5.74, 6) is -0.0486. The highest BCUT2D eigenvalue weighted by Crippen LogP contribution is 2.24. The third-order valence-corrected chi connectivity index (χ3v) is 4.46. The molecule has 0 radical (unpaired) electrons. The van der Waals surface area contributed by atoms with E-state index in [1.807, 2.05) is 0 Å². The average molecular weight is 267 g/mol. The zero-order valence-electron chi connectivity index (χ0n) is 10.4. The minimum Gasteiger partial charge on any atom is -0.379 e. The summed E-state index contributed by atoms with van der Waals surface area (Å²) < 4.78 is 5.25. The van der Waals surface area contributed by atoms with Crippen LogP contribution in [0.1, 0.15) is 26.8 Å². The molecule has 1 saturated heterocycles. The van der Waals surface area contributed by atoms with Crippen LogP contribution < -0.4 is 5.32 Å². The van der Waals surface area contributed by atoms with Crippen LogP contribution in [-0.2, 0) is 17.7 Å². The second kappa shape index (κ2) is 4.95. The van der Waals surface area contributed by atoms with Gasteiger partial charge in [-0.1, -0.05) is 0 Å². The van der Waals surface area contributed by atoms with Gasteiger partial charge in [-0.15, -0.1) is 11.3 Å². The van der Waals surface area contributed by atoms with Crippen molar-refractivity contribution in [1.82, 2.24) is 15.2 Å². The largest absolute Gasteiger partial charge is 0.379 e. The minimum atomic E-state index is -0.0486. The number of thiazole rings is 1. The number of carbonyl (C=O) groups is 1. The molecule has 1 unspecified atom stereocenters. The Balaban J connectivity index is 1.70. The fourth-order valence-corrected chi connectivity index (χ4v) is 3.41. The normalized spacial score (nSPS) is 23.9. The zero-order chi connectivity index (χ0) is 12.5. The van der Waals surface area contributed by atoms with E-state index < -0.39 is 0 Å². The van der Waals surface area contributed by atoms with Crippen molar-refractivity contribution in [2.45, 2.75) is 25.4 Å². The second-order valence-electron chi connectivity index (χ2n) is 4.91. The van der Waals surface area contributed by atoms with Gasteiger partial charge in [-0.2, -0.15) is 0 Å². The van der Waals surface area contributed by atoms with Crippen LogP contribution in [0, 0.1) is 0 Å². The molecule has 0 spiro atoms. The topological polar surface area (TPSA) is 54.5 Å². The molecule has 2 aliphatic heterocycles. The number of amides is 1. The Morgan fingerprint density at radius 3 is 3.28 bits per heavy atom. The van der Waals surface area contributed by atoms with Crippen LogP contribution >= 0.6 is 11.3 Å². The number of carbonyl (C=O) groups excluding carboxylic acids is 1. The van der Waals surface area contributed by atoms with Crippen molar-refractivity contribution in [2.75, 3.05) is 26.8 Å². The van der Waals surface area contributed by atoms with Gasteiger partial charge in [0, 0.05) is 31.0 Å². The van der Waals surface area contributed by atoms with E-state index in [0.29, 0.717) is 11.6 Å². The Morgan fingerprint density at radius 1 is 1.61 bits per heavy atom. The van der Waals surface area contributed by atoms with E-state index in [1.165, 1.54) is 16.2 Å². The first-order valence-electron chi connectivity index (χ1n) is 6.28. The van der Waals surface area contributed by atoms with Crippen LogP contribution in [0.2, 0.25) is 0 Å². The number of hydrogen-bond acceptors (Lipinski definition) is 5. The first-order valence-corrected chi connectivity index (χ1v) is 7.10. The molecule has 5 nitrogen and oxygen atoms in total. The maximum absolute atomic E-state index is 12.1. The second-order valence-corrected chi connectivity index (χ2v) is 5.99. The molecular weight excluding hydrogens is 250 g/mol. The maximum atomic E-state index is 12.1. The van der Waals surface area contributed by atoms with Gasteiger partial charge in [0.25, 0.3) is 5.91 Å². The van der Waals surface area contributed by atoms with E-state index in [-0.39, 0.29) is 11.9 Å². The van der Waals surface area contributed by atoms with Gasteiger partial charge in [0.05, 0.1) is 18.3 Å². The summed E-state index contributed by atoms with van der Waals surface area (Å²) in [5.41, 5.74) is 1.10. The molecule has 3 heterocycles. The van der Waals surface area contributed by atoms with Crippen molar-refractivity contribution >= 4 is 17.2 Å². The summed E-state index contributed by atoms with van der Waals surface area (Å²) in [4.78, 5) is 20.0. The molecule has 0 bridgehead atoms. The Bertz CT molecular complexity index is 454. The summed E-state index contributed by atoms with van der Waals surface area (Å²) in [6.07, 6.45) is 1.85. The van der Waals surface area contributed by atoms with Gasteiger partial charge in [0.2, 0.25) is 0 Å². The van der Waals surface area contributed by atoms with Crippen LogP contribution in [-0.4, -0.2) is 48.6 Å². The van der Waals surface area contributed by atoms with Gasteiger partial charge in [-0.05, 0) is 13.5 Å². The Hall–Kier alpha value is -0.980. The van der Waals surface area contributed by atoms with Gasteiger partial charge in [0.15, 0.2) is 5.01 Å². The predicted octanol–water partition coefficient (Wildman–Crippen LogP) is 0.650. The number of nitrogens with one attached hydrogen (secondary N) is 1. The van der Waals surface area contributed by atoms with Crippen molar-refractivity contribution in [1.29, 1.82) is 0 Å². The van der Waals surface area contributed by atoms with Crippen LogP contribution in [0.15, 0.2) is 0 Å². The molecule has 1 atom stereocenters. The van der Waals surface area contributed by atoms with Gasteiger partial charge >= 0.3 is 0 Å². The first-order chi connectivity index (χ1) is 8.72. The lowest BCUT2D eigenvalue weighted by atomic mass is 10.2. The van der Waals surface area contributed by atoms with Gasteiger partial charge in [-0.3, -0.25) is 4.79 Å². The molecule has 0 aliphatic carbocycles. The molecule has 2 aliphatic rings. The third-order valence-electron chi connectivity index (χ3n) is 3.38. The molecule has 0 aromatic carbocycles. The number of nitrogens with zero attached hydrogens (tertiary/aromatic N) is 2. The van der Waals surface area contributed by atoms with E-state index in [2.05, 4.69) is 22.2 Å². The lowest BCUT2D eigenvalue weighted by Gasteiger charge is -2.20. The highest BCUT2D eigenvalue weighted by Gasteiger charge is 2.24. The molecule has 3 rings (SSSR count). The number of aromatic nitrogens is 1. The fourth-order valence-electron chi connectivity index (χ4n) is 2.32. The van der Waals surface area contributed by atoms with E-state index in [0.717, 1.165) is 38.2 Å². The number of likely N-dealkylation sites (N-methyl/N-ethyl adjacent to an activating group) is 1. The van der Waals surface area contributed by atoms with Crippen molar-refractivity contribution in [3.05, 3.63) is 15.6 Å². The Morgan fingerprint density at radius 2 is 2.50 bits per heavy atom. The van der Waals surface area contributed by atoms with Crippen molar-refractivity contribution in [2.24, 2.45) is 0 Å². The highest BCUT2D eigenvalue weighted by molar-refractivity contribution is 7.13. The first kappa shape index (κ1) is 12.1. The molecule has 1 N–H and O–H groups in total. The lowest BCUT2D eigenvalue weighted by molar-refractivity contribution is 0.0929. The summed E-state index contributed by atoms with van der Waals surface area (Å²) in [6.45, 7) is 3.30. The molecule has 6 heteroatoms. The van der Waals surface area contributed by atoms with Crippen LogP contribution in [0.4, 0.5) is 0 Å². The predicted molar refractivity (Wildman–Crippen MR) is 68.8 cm³/mol. The average Bonchev–Trinajstić information content (AvgIpc) is 2.96. The smallest absolute Gasteiger partial charge is 0.280 e. The minimum absolute atomic E-state index is 0.0486. The molecule has 0 saturated carbocycles. The van der Waals surface area contributed by atoms with Gasteiger partial charge in [0.1, 0.15) is 0 Å². The third kappa shape index (κ3) is 2.41. The Labute approximate surface area is 110 Å². The van der Waals surface area contributed by atoms with E-state index in [1.54, 1.807) is 0 Å². The van der Waals surface area contributed by atoms with Crippen LogP contribution in [0.25, 0.3) is 0 Å². The number of fused-ring (bicyclic) bond motifs is 1. The number of hydrogen-bond donors (Lipinski definition) is 1. The number of ether oxygens (including phenoxy) is 1. The molecular formula is C12H17N3O2S. The zero-order valence-corrected chi connectivity index (χ0v) is 11.3. The fraction of sp³-hybridized carbons (Fsp3) is 0.667. The highest BCUT2D eigenvalue weighted by atomic mass is 32.1. The molecule has 1 aromatic rings. The van der Waals surface area contributed by atoms with Gasteiger partial charge < -0.3 is 15.0 Å². The van der Waals surface area contributed by atoms with Crippen molar-refractivity contribution in [3.8, 4) is 0 Å². The standard InChI is InChI=1S/C12H17N3O2S/c1-15-4-2-9-10(6-15)18-12(14-9)11(16)13-8-3-5-17-7-8/h8H,2-7H2,1H3,(H,13,16). The van der Waals surface area contributed by atoms with Gasteiger partial charge in [-0.25, -0.2) is 4.98 Å². The summed E-state index contributed by atoms with van der Waals surface area (Å²) >= 11 is 1.52. The van der Waals surface area contributed by atoms with E-state index in [4.69, 9.17) is 4.74 Å². The SMILES string of the molecule is CN1CCc2nc(C(=O)NC3CCOC3)sc2C1. The van der Waals surface area contributed by atoms with Crippen LogP contribution in [0.5, 0.6) is 0 Å². The molecule has 18 heavy (non-hydrogen) atoms. The summed E-state index contributed by atoms with van der Waals surface area (Å²) in [7, 11) is 2.10. The van der Waals surface area contributed by atoms with E-state index >= 15 is 0 Å². The van der Waals surface area contributed by atoms with Crippen molar-refractivity contribution in [3.63, 3.8) is 0 Å². The Kier molecular flexibility index (Phi) is 3.32. The number of rotatable bonds is 2. The quantitative estimate of drug-likeness (QED) is 0.855. The maximum Gasteiger partial charge on any atom is 0.280 e. The molecule has 1 aromatic heterocycles. The molecule has 1 amide bonds. The summed E-state index contributed by atoms with van der Waals surface area (Å²) in [5, 5.41) is 3.59. The lowest BCUT2D eigenvalue weighted by Crippen LogP contribution is -2.34. The molecule has 98 valence electrons. The van der Waals surface area contributed by atoms with Crippen LogP contribution in [0.3, 0.4) is 0 Å². The molecule has 1 fully saturated rings. The monoisotopic (exact) mass is 267 g/mol. The van der Waals surface area contributed by atoms with E-state index in [9.17, 15) is 4.79 Å². The van der Waals surface area contributed by atoms with Crippen molar-refractivity contribution < 1.29 is 9.53 Å².